The number of hydrogen-bond acceptors (Lipinski definition) is 4. The van der Waals surface area contributed by atoms with Crippen molar-refractivity contribution in [3.63, 3.8) is 0 Å². The summed E-state index contributed by atoms with van der Waals surface area (Å²) in [7, 11) is 0. The highest BCUT2D eigenvalue weighted by Crippen LogP contribution is 2.27. The average Bonchev–Trinajstić information content (AvgIpc) is 2.87. The third kappa shape index (κ3) is 2.76. The summed E-state index contributed by atoms with van der Waals surface area (Å²) in [5, 5.41) is 14.5. The van der Waals surface area contributed by atoms with Gasteiger partial charge in [0.05, 0.1) is 10.6 Å². The smallest absolute Gasteiger partial charge is 0.117 e. The Labute approximate surface area is 112 Å². The van der Waals surface area contributed by atoms with Crippen molar-refractivity contribution in [3.05, 3.63) is 46.0 Å². The van der Waals surface area contributed by atoms with E-state index in [0.29, 0.717) is 0 Å². The molecule has 1 aromatic heterocycles. The van der Waals surface area contributed by atoms with E-state index in [2.05, 4.69) is 28.6 Å². The first-order chi connectivity index (χ1) is 8.76. The SMILES string of the molecule is CCCc1cccc(C(O)c2snnc2CC)c1. The normalized spacial score (nSPS) is 12.6. The summed E-state index contributed by atoms with van der Waals surface area (Å²) in [6, 6.07) is 8.14. The fourth-order valence-electron chi connectivity index (χ4n) is 2.03. The number of aryl methyl sites for hydroxylation is 2. The van der Waals surface area contributed by atoms with Crippen LogP contribution < -0.4 is 0 Å². The number of nitrogens with zero attached hydrogens (tertiary/aromatic N) is 2. The third-order valence-corrected chi connectivity index (χ3v) is 3.79. The molecule has 1 N–H and O–H groups in total. The quantitative estimate of drug-likeness (QED) is 0.900. The van der Waals surface area contributed by atoms with E-state index < -0.39 is 6.10 Å². The maximum Gasteiger partial charge on any atom is 0.117 e. The van der Waals surface area contributed by atoms with Crippen molar-refractivity contribution in [1.82, 2.24) is 9.59 Å². The van der Waals surface area contributed by atoms with Gasteiger partial charge in [-0.3, -0.25) is 0 Å². The molecule has 2 aromatic rings. The molecule has 1 unspecified atom stereocenters. The Bertz CT molecular complexity index is 510. The molecule has 96 valence electrons. The molecule has 0 aliphatic carbocycles. The Hall–Kier alpha value is -1.26. The summed E-state index contributed by atoms with van der Waals surface area (Å²) >= 11 is 1.29. The van der Waals surface area contributed by atoms with E-state index in [-0.39, 0.29) is 0 Å². The first kappa shape index (κ1) is 13.2. The van der Waals surface area contributed by atoms with E-state index in [0.717, 1.165) is 35.4 Å². The topological polar surface area (TPSA) is 46.0 Å². The van der Waals surface area contributed by atoms with Gasteiger partial charge in [0.25, 0.3) is 0 Å². The Kier molecular flexibility index (Phi) is 4.44. The Morgan fingerprint density at radius 1 is 1.33 bits per heavy atom. The van der Waals surface area contributed by atoms with Crippen LogP contribution in [0, 0.1) is 0 Å². The molecule has 0 aliphatic rings. The van der Waals surface area contributed by atoms with Gasteiger partial charge < -0.3 is 5.11 Å². The van der Waals surface area contributed by atoms with Gasteiger partial charge in [-0.2, -0.15) is 0 Å². The monoisotopic (exact) mass is 262 g/mol. The van der Waals surface area contributed by atoms with E-state index in [1.54, 1.807) is 0 Å². The molecule has 2 rings (SSSR count). The third-order valence-electron chi connectivity index (χ3n) is 2.97. The lowest BCUT2D eigenvalue weighted by atomic mass is 10.0. The van der Waals surface area contributed by atoms with Crippen LogP contribution in [-0.4, -0.2) is 14.7 Å². The highest BCUT2D eigenvalue weighted by molar-refractivity contribution is 7.05. The number of benzene rings is 1. The lowest BCUT2D eigenvalue weighted by molar-refractivity contribution is 0.222. The Balaban J connectivity index is 2.28. The Morgan fingerprint density at radius 3 is 2.89 bits per heavy atom. The Morgan fingerprint density at radius 2 is 2.17 bits per heavy atom. The molecule has 0 spiro atoms. The first-order valence-corrected chi connectivity index (χ1v) is 7.11. The summed E-state index contributed by atoms with van der Waals surface area (Å²) in [6.07, 6.45) is 2.36. The highest BCUT2D eigenvalue weighted by atomic mass is 32.1. The second-order valence-electron chi connectivity index (χ2n) is 4.34. The molecule has 0 bridgehead atoms. The molecule has 1 atom stereocenters. The van der Waals surface area contributed by atoms with Crippen LogP contribution in [0.1, 0.15) is 48.1 Å². The van der Waals surface area contributed by atoms with Crippen molar-refractivity contribution in [2.45, 2.75) is 39.2 Å². The largest absolute Gasteiger partial charge is 0.383 e. The van der Waals surface area contributed by atoms with Crippen molar-refractivity contribution in [2.24, 2.45) is 0 Å². The average molecular weight is 262 g/mol. The minimum atomic E-state index is -0.600. The number of aliphatic hydroxyl groups excluding tert-OH is 1. The van der Waals surface area contributed by atoms with Crippen LogP contribution >= 0.6 is 11.5 Å². The molecular weight excluding hydrogens is 244 g/mol. The molecule has 1 aromatic carbocycles. The summed E-state index contributed by atoms with van der Waals surface area (Å²) in [5.41, 5.74) is 3.10. The summed E-state index contributed by atoms with van der Waals surface area (Å²) in [4.78, 5) is 0.867. The van der Waals surface area contributed by atoms with E-state index in [4.69, 9.17) is 0 Å². The van der Waals surface area contributed by atoms with Crippen molar-refractivity contribution < 1.29 is 5.11 Å². The van der Waals surface area contributed by atoms with Crippen molar-refractivity contribution >= 4 is 11.5 Å². The zero-order valence-electron chi connectivity index (χ0n) is 10.8. The van der Waals surface area contributed by atoms with E-state index >= 15 is 0 Å². The van der Waals surface area contributed by atoms with Crippen LogP contribution in [0.25, 0.3) is 0 Å². The van der Waals surface area contributed by atoms with Gasteiger partial charge in [-0.25, -0.2) is 0 Å². The molecule has 3 nitrogen and oxygen atoms in total. The van der Waals surface area contributed by atoms with Crippen LogP contribution in [0.4, 0.5) is 0 Å². The molecule has 0 saturated heterocycles. The second kappa shape index (κ2) is 6.07. The molecule has 4 heteroatoms. The molecule has 1 heterocycles. The van der Waals surface area contributed by atoms with Gasteiger partial charge in [-0.15, -0.1) is 5.10 Å². The van der Waals surface area contributed by atoms with Crippen LogP contribution in [0.3, 0.4) is 0 Å². The maximum atomic E-state index is 10.4. The van der Waals surface area contributed by atoms with E-state index in [9.17, 15) is 5.11 Å². The molecule has 0 amide bonds. The minimum Gasteiger partial charge on any atom is -0.383 e. The molecule has 0 radical (unpaired) electrons. The molecule has 0 aliphatic heterocycles. The fraction of sp³-hybridized carbons (Fsp3) is 0.429. The molecular formula is C14H18N2OS. The first-order valence-electron chi connectivity index (χ1n) is 6.34. The standard InChI is InChI=1S/C14H18N2OS/c1-3-6-10-7-5-8-11(9-10)13(17)14-12(4-2)15-16-18-14/h5,7-9,13,17H,3-4,6H2,1-2H3. The summed E-state index contributed by atoms with van der Waals surface area (Å²) in [5.74, 6) is 0. The van der Waals surface area contributed by atoms with E-state index in [1.807, 2.05) is 19.1 Å². The van der Waals surface area contributed by atoms with Crippen molar-refractivity contribution in [2.75, 3.05) is 0 Å². The number of aliphatic hydroxyl groups is 1. The second-order valence-corrected chi connectivity index (χ2v) is 5.12. The lowest BCUT2D eigenvalue weighted by Crippen LogP contribution is -2.01. The molecule has 0 fully saturated rings. The van der Waals surface area contributed by atoms with Gasteiger partial charge in [0, 0.05) is 0 Å². The van der Waals surface area contributed by atoms with Crippen LogP contribution in [0.15, 0.2) is 24.3 Å². The summed E-state index contributed by atoms with van der Waals surface area (Å²) < 4.78 is 3.93. The lowest BCUT2D eigenvalue weighted by Gasteiger charge is -2.11. The van der Waals surface area contributed by atoms with Crippen molar-refractivity contribution in [3.8, 4) is 0 Å². The maximum absolute atomic E-state index is 10.4. The number of aromatic nitrogens is 2. The fourth-order valence-corrected chi connectivity index (χ4v) is 2.78. The van der Waals surface area contributed by atoms with Gasteiger partial charge in [0.1, 0.15) is 6.10 Å². The number of hydrogen-bond donors (Lipinski definition) is 1. The summed E-state index contributed by atoms with van der Waals surface area (Å²) in [6.45, 7) is 4.19. The van der Waals surface area contributed by atoms with Gasteiger partial charge in [0.2, 0.25) is 0 Å². The van der Waals surface area contributed by atoms with E-state index in [1.165, 1.54) is 17.1 Å². The number of rotatable bonds is 5. The van der Waals surface area contributed by atoms with Gasteiger partial charge in [-0.1, -0.05) is 49.0 Å². The van der Waals surface area contributed by atoms with Gasteiger partial charge >= 0.3 is 0 Å². The van der Waals surface area contributed by atoms with Crippen LogP contribution in [0.2, 0.25) is 0 Å². The van der Waals surface area contributed by atoms with Crippen LogP contribution in [-0.2, 0) is 12.8 Å². The van der Waals surface area contributed by atoms with Crippen LogP contribution in [0.5, 0.6) is 0 Å². The highest BCUT2D eigenvalue weighted by Gasteiger charge is 2.17. The van der Waals surface area contributed by atoms with Crippen molar-refractivity contribution in [1.29, 1.82) is 0 Å². The molecule has 0 saturated carbocycles. The zero-order valence-corrected chi connectivity index (χ0v) is 11.6. The predicted molar refractivity (Wildman–Crippen MR) is 73.8 cm³/mol. The predicted octanol–water partition coefficient (Wildman–Crippen LogP) is 3.13. The van der Waals surface area contributed by atoms with Gasteiger partial charge in [-0.05, 0) is 35.5 Å². The molecule has 18 heavy (non-hydrogen) atoms. The zero-order chi connectivity index (χ0) is 13.0. The minimum absolute atomic E-state index is 0.600. The van der Waals surface area contributed by atoms with Gasteiger partial charge in [0.15, 0.2) is 0 Å².